The molecule has 0 radical (unpaired) electrons. The largest absolute Gasteiger partial charge is 0.358 e. The molecule has 0 fully saturated rings. The van der Waals surface area contributed by atoms with Gasteiger partial charge in [0.25, 0.3) is 0 Å². The number of nitrogens with zero attached hydrogens (tertiary/aromatic N) is 2. The fraction of sp³-hybridized carbons (Fsp3) is 0.643. The maximum atomic E-state index is 12.0. The zero-order valence-electron chi connectivity index (χ0n) is 12.9. The number of nitrogens with two attached hydrogens (primary N) is 1. The minimum Gasteiger partial charge on any atom is -0.358 e. The van der Waals surface area contributed by atoms with Crippen molar-refractivity contribution in [2.24, 2.45) is 17.6 Å². The molecule has 2 amide bonds. The average molecular weight is 295 g/mol. The van der Waals surface area contributed by atoms with Gasteiger partial charge < -0.3 is 16.4 Å². The first-order valence-electron chi connectivity index (χ1n) is 7.17. The Morgan fingerprint density at radius 3 is 2.67 bits per heavy atom. The highest BCUT2D eigenvalue weighted by Crippen LogP contribution is 2.15. The lowest BCUT2D eigenvalue weighted by Crippen LogP contribution is -2.24. The lowest BCUT2D eigenvalue weighted by atomic mass is 9.94. The quantitative estimate of drug-likeness (QED) is 0.652. The summed E-state index contributed by atoms with van der Waals surface area (Å²) in [6.07, 6.45) is 4.49. The van der Waals surface area contributed by atoms with E-state index in [2.05, 4.69) is 29.6 Å². The van der Waals surface area contributed by atoms with Gasteiger partial charge in [-0.05, 0) is 24.8 Å². The van der Waals surface area contributed by atoms with Gasteiger partial charge in [0.05, 0.1) is 11.9 Å². The first-order chi connectivity index (χ1) is 9.94. The van der Waals surface area contributed by atoms with Crippen LogP contribution in [0.1, 0.15) is 26.7 Å². The van der Waals surface area contributed by atoms with E-state index >= 15 is 0 Å². The molecule has 1 rings (SSSR count). The highest BCUT2D eigenvalue weighted by molar-refractivity contribution is 5.90. The Morgan fingerprint density at radius 2 is 2.10 bits per heavy atom. The summed E-state index contributed by atoms with van der Waals surface area (Å²) in [5, 5.41) is 9.32. The summed E-state index contributed by atoms with van der Waals surface area (Å²) in [6, 6.07) is 0. The number of anilines is 1. The Labute approximate surface area is 125 Å². The van der Waals surface area contributed by atoms with E-state index in [1.54, 1.807) is 13.2 Å². The van der Waals surface area contributed by atoms with Crippen molar-refractivity contribution in [2.45, 2.75) is 33.2 Å². The zero-order chi connectivity index (χ0) is 15.8. The molecule has 0 aliphatic carbocycles. The third-order valence-corrected chi connectivity index (χ3v) is 3.11. The van der Waals surface area contributed by atoms with Gasteiger partial charge in [0.1, 0.15) is 6.54 Å². The molecule has 0 aliphatic heterocycles. The standard InChI is InChI=1S/C14H25N5O2/c1-10(2)4-11(6-15)5-13(20)18-12-7-17-19(8-12)9-14(21)16-3/h7-8,10-11H,4-6,9,15H2,1-3H3,(H,16,21)(H,18,20). The van der Waals surface area contributed by atoms with Crippen LogP contribution in [0.4, 0.5) is 5.69 Å². The van der Waals surface area contributed by atoms with E-state index in [1.807, 2.05) is 0 Å². The second-order valence-electron chi connectivity index (χ2n) is 5.58. The Kier molecular flexibility index (Phi) is 6.87. The molecule has 4 N–H and O–H groups in total. The van der Waals surface area contributed by atoms with Crippen LogP contribution in [-0.2, 0) is 16.1 Å². The van der Waals surface area contributed by atoms with Gasteiger partial charge in [0, 0.05) is 19.7 Å². The predicted octanol–water partition coefficient (Wildman–Crippen LogP) is 0.579. The van der Waals surface area contributed by atoms with E-state index in [1.165, 1.54) is 10.9 Å². The smallest absolute Gasteiger partial charge is 0.241 e. The second kappa shape index (κ2) is 8.41. The van der Waals surface area contributed by atoms with E-state index in [0.717, 1.165) is 6.42 Å². The number of hydrogen-bond acceptors (Lipinski definition) is 4. The summed E-state index contributed by atoms with van der Waals surface area (Å²) in [5.41, 5.74) is 6.28. The molecular formula is C14H25N5O2. The molecule has 118 valence electrons. The van der Waals surface area contributed by atoms with E-state index in [-0.39, 0.29) is 24.3 Å². The van der Waals surface area contributed by atoms with E-state index in [0.29, 0.717) is 24.6 Å². The Bertz CT molecular complexity index is 470. The topological polar surface area (TPSA) is 102 Å². The fourth-order valence-electron chi connectivity index (χ4n) is 2.14. The van der Waals surface area contributed by atoms with Gasteiger partial charge in [-0.3, -0.25) is 14.3 Å². The number of hydrogen-bond donors (Lipinski definition) is 3. The van der Waals surface area contributed by atoms with Gasteiger partial charge >= 0.3 is 0 Å². The van der Waals surface area contributed by atoms with E-state index < -0.39 is 0 Å². The molecule has 7 nitrogen and oxygen atoms in total. The van der Waals surface area contributed by atoms with Crippen molar-refractivity contribution in [3.05, 3.63) is 12.4 Å². The van der Waals surface area contributed by atoms with Crippen LogP contribution in [0.2, 0.25) is 0 Å². The number of aromatic nitrogens is 2. The van der Waals surface area contributed by atoms with Gasteiger partial charge in [-0.2, -0.15) is 5.10 Å². The summed E-state index contributed by atoms with van der Waals surface area (Å²) in [6.45, 7) is 4.86. The molecular weight excluding hydrogens is 270 g/mol. The molecule has 0 spiro atoms. The second-order valence-corrected chi connectivity index (χ2v) is 5.58. The Hall–Kier alpha value is -1.89. The summed E-state index contributed by atoms with van der Waals surface area (Å²) in [4.78, 5) is 23.2. The summed E-state index contributed by atoms with van der Waals surface area (Å²) in [5.74, 6) is 0.481. The molecule has 1 aromatic rings. The summed E-state index contributed by atoms with van der Waals surface area (Å²) < 4.78 is 1.48. The van der Waals surface area contributed by atoms with Gasteiger partial charge in [-0.25, -0.2) is 0 Å². The van der Waals surface area contributed by atoms with Crippen LogP contribution in [0.25, 0.3) is 0 Å². The summed E-state index contributed by atoms with van der Waals surface area (Å²) in [7, 11) is 1.57. The van der Waals surface area contributed by atoms with Crippen molar-refractivity contribution in [2.75, 3.05) is 18.9 Å². The number of likely N-dealkylation sites (N-methyl/N-ethyl adjacent to an activating group) is 1. The zero-order valence-corrected chi connectivity index (χ0v) is 12.9. The molecule has 0 saturated carbocycles. The van der Waals surface area contributed by atoms with Crippen LogP contribution in [0.15, 0.2) is 12.4 Å². The molecule has 1 unspecified atom stereocenters. The molecule has 21 heavy (non-hydrogen) atoms. The van der Waals surface area contributed by atoms with Crippen LogP contribution in [0.3, 0.4) is 0 Å². The molecule has 1 aromatic heterocycles. The number of carbonyl (C=O) groups is 2. The van der Waals surface area contributed by atoms with Crippen molar-refractivity contribution in [1.82, 2.24) is 15.1 Å². The highest BCUT2D eigenvalue weighted by Gasteiger charge is 2.14. The van der Waals surface area contributed by atoms with Crippen LogP contribution >= 0.6 is 0 Å². The van der Waals surface area contributed by atoms with Crippen molar-refractivity contribution in [3.63, 3.8) is 0 Å². The van der Waals surface area contributed by atoms with Crippen molar-refractivity contribution in [3.8, 4) is 0 Å². The van der Waals surface area contributed by atoms with Crippen molar-refractivity contribution < 1.29 is 9.59 Å². The first-order valence-corrected chi connectivity index (χ1v) is 7.17. The number of amides is 2. The molecule has 1 heterocycles. The van der Waals surface area contributed by atoms with Crippen LogP contribution in [0.5, 0.6) is 0 Å². The average Bonchev–Trinajstić information content (AvgIpc) is 2.84. The third kappa shape index (κ3) is 6.40. The lowest BCUT2D eigenvalue weighted by molar-refractivity contribution is -0.121. The molecule has 0 aliphatic rings. The Morgan fingerprint density at radius 1 is 1.38 bits per heavy atom. The first kappa shape index (κ1) is 17.2. The minimum atomic E-state index is -0.142. The summed E-state index contributed by atoms with van der Waals surface area (Å²) >= 11 is 0. The number of rotatable bonds is 8. The van der Waals surface area contributed by atoms with Gasteiger partial charge in [0.15, 0.2) is 0 Å². The molecule has 0 saturated heterocycles. The van der Waals surface area contributed by atoms with Crippen molar-refractivity contribution >= 4 is 17.5 Å². The monoisotopic (exact) mass is 295 g/mol. The SMILES string of the molecule is CNC(=O)Cn1cc(NC(=O)CC(CN)CC(C)C)cn1. The highest BCUT2D eigenvalue weighted by atomic mass is 16.2. The Balaban J connectivity index is 2.49. The van der Waals surface area contributed by atoms with Crippen LogP contribution < -0.4 is 16.4 Å². The van der Waals surface area contributed by atoms with E-state index in [4.69, 9.17) is 5.73 Å². The van der Waals surface area contributed by atoms with Gasteiger partial charge in [-0.1, -0.05) is 13.8 Å². The fourth-order valence-corrected chi connectivity index (χ4v) is 2.14. The number of carbonyl (C=O) groups excluding carboxylic acids is 2. The molecule has 7 heteroatoms. The number of nitrogens with one attached hydrogen (secondary N) is 2. The third-order valence-electron chi connectivity index (χ3n) is 3.11. The maximum Gasteiger partial charge on any atom is 0.241 e. The van der Waals surface area contributed by atoms with Crippen molar-refractivity contribution in [1.29, 1.82) is 0 Å². The molecule has 0 aromatic carbocycles. The molecule has 0 bridgehead atoms. The van der Waals surface area contributed by atoms with Gasteiger partial charge in [-0.15, -0.1) is 0 Å². The lowest BCUT2D eigenvalue weighted by Gasteiger charge is -2.16. The molecule has 1 atom stereocenters. The van der Waals surface area contributed by atoms with Gasteiger partial charge in [0.2, 0.25) is 11.8 Å². The van der Waals surface area contributed by atoms with Crippen LogP contribution in [-0.4, -0.2) is 35.2 Å². The van der Waals surface area contributed by atoms with E-state index in [9.17, 15) is 9.59 Å². The normalized spacial score (nSPS) is 12.2. The predicted molar refractivity (Wildman–Crippen MR) is 81.5 cm³/mol. The minimum absolute atomic E-state index is 0.0782. The van der Waals surface area contributed by atoms with Crippen LogP contribution in [0, 0.1) is 11.8 Å². The maximum absolute atomic E-state index is 12.0.